The summed E-state index contributed by atoms with van der Waals surface area (Å²) >= 11 is 1.57. The smallest absolute Gasteiger partial charge is 0.247 e. The maximum absolute atomic E-state index is 11.9. The number of nitrogens with one attached hydrogen (secondary N) is 2. The first-order chi connectivity index (χ1) is 11.1. The number of carbonyl (C=O) groups excluding carboxylic acids is 2. The van der Waals surface area contributed by atoms with Crippen molar-refractivity contribution in [3.63, 3.8) is 0 Å². The minimum absolute atomic E-state index is 0.00242. The molecule has 0 bridgehead atoms. The second-order valence-corrected chi connectivity index (χ2v) is 6.31. The summed E-state index contributed by atoms with van der Waals surface area (Å²) in [5.41, 5.74) is 0.591. The Morgan fingerprint density at radius 2 is 2.13 bits per heavy atom. The maximum atomic E-state index is 11.9. The molecule has 2 amide bonds. The highest BCUT2D eigenvalue weighted by Crippen LogP contribution is 2.12. The van der Waals surface area contributed by atoms with Crippen LogP contribution in [0.15, 0.2) is 23.1 Å². The molecule has 0 radical (unpaired) electrons. The van der Waals surface area contributed by atoms with Gasteiger partial charge in [0.2, 0.25) is 11.8 Å². The third kappa shape index (κ3) is 6.52. The van der Waals surface area contributed by atoms with Crippen molar-refractivity contribution in [2.24, 2.45) is 0 Å². The predicted molar refractivity (Wildman–Crippen MR) is 91.2 cm³/mol. The Morgan fingerprint density at radius 3 is 2.83 bits per heavy atom. The lowest BCUT2D eigenvalue weighted by Gasteiger charge is -2.26. The minimum atomic E-state index is -0.221. The van der Waals surface area contributed by atoms with Crippen LogP contribution in [-0.4, -0.2) is 62.7 Å². The van der Waals surface area contributed by atoms with Gasteiger partial charge >= 0.3 is 0 Å². The highest BCUT2D eigenvalue weighted by molar-refractivity contribution is 7.10. The van der Waals surface area contributed by atoms with Gasteiger partial charge in [0.1, 0.15) is 0 Å². The van der Waals surface area contributed by atoms with Gasteiger partial charge in [-0.15, -0.1) is 11.3 Å². The topological polar surface area (TPSA) is 70.7 Å². The highest BCUT2D eigenvalue weighted by atomic mass is 32.1. The number of amides is 2. The quantitative estimate of drug-likeness (QED) is 0.719. The first kappa shape index (κ1) is 17.7. The zero-order valence-corrected chi connectivity index (χ0v) is 14.2. The highest BCUT2D eigenvalue weighted by Gasteiger charge is 2.11. The van der Waals surface area contributed by atoms with E-state index in [0.717, 1.165) is 37.7 Å². The van der Waals surface area contributed by atoms with Crippen LogP contribution in [0.4, 0.5) is 0 Å². The van der Waals surface area contributed by atoms with Crippen LogP contribution < -0.4 is 10.6 Å². The van der Waals surface area contributed by atoms with Gasteiger partial charge in [0.05, 0.1) is 19.8 Å². The number of rotatable bonds is 7. The Kier molecular flexibility index (Phi) is 7.25. The van der Waals surface area contributed by atoms with E-state index in [0.29, 0.717) is 12.1 Å². The minimum Gasteiger partial charge on any atom is -0.379 e. The molecule has 1 aliphatic heterocycles. The van der Waals surface area contributed by atoms with Gasteiger partial charge < -0.3 is 15.4 Å². The number of morpholine rings is 1. The van der Waals surface area contributed by atoms with E-state index in [9.17, 15) is 9.59 Å². The van der Waals surface area contributed by atoms with Gasteiger partial charge in [0.15, 0.2) is 0 Å². The average molecular weight is 337 g/mol. The Labute approximate surface area is 140 Å². The molecular formula is C16H23N3O3S. The summed E-state index contributed by atoms with van der Waals surface area (Å²) in [7, 11) is 0. The van der Waals surface area contributed by atoms with Crippen LogP contribution in [0.1, 0.15) is 11.8 Å². The second-order valence-electron chi connectivity index (χ2n) is 5.33. The second kappa shape index (κ2) is 9.44. The van der Waals surface area contributed by atoms with Crippen molar-refractivity contribution in [1.82, 2.24) is 15.5 Å². The Balaban J connectivity index is 1.62. The first-order valence-electron chi connectivity index (χ1n) is 7.72. The lowest BCUT2D eigenvalue weighted by atomic mass is 10.2. The van der Waals surface area contributed by atoms with E-state index in [2.05, 4.69) is 15.5 Å². The van der Waals surface area contributed by atoms with Crippen molar-refractivity contribution in [3.05, 3.63) is 28.0 Å². The molecule has 23 heavy (non-hydrogen) atoms. The van der Waals surface area contributed by atoms with Crippen molar-refractivity contribution in [2.75, 3.05) is 45.9 Å². The number of hydrogen-bond donors (Lipinski definition) is 2. The first-order valence-corrected chi connectivity index (χ1v) is 8.60. The summed E-state index contributed by atoms with van der Waals surface area (Å²) in [6.45, 7) is 6.43. The van der Waals surface area contributed by atoms with Gasteiger partial charge in [-0.25, -0.2) is 0 Å². The van der Waals surface area contributed by atoms with E-state index >= 15 is 0 Å². The van der Waals surface area contributed by atoms with Crippen LogP contribution in [0.5, 0.6) is 0 Å². The third-order valence-corrected chi connectivity index (χ3v) is 4.34. The van der Waals surface area contributed by atoms with Crippen molar-refractivity contribution < 1.29 is 14.3 Å². The molecule has 0 aliphatic carbocycles. The van der Waals surface area contributed by atoms with Gasteiger partial charge in [-0.1, -0.05) is 6.07 Å². The lowest BCUT2D eigenvalue weighted by molar-refractivity contribution is -0.124. The van der Waals surface area contributed by atoms with Gasteiger partial charge in [0, 0.05) is 36.6 Å². The summed E-state index contributed by atoms with van der Waals surface area (Å²) in [4.78, 5) is 26.9. The fraction of sp³-hybridized carbons (Fsp3) is 0.500. The van der Waals surface area contributed by atoms with E-state index in [-0.39, 0.29) is 18.4 Å². The molecule has 7 heteroatoms. The Hall–Kier alpha value is -1.70. The van der Waals surface area contributed by atoms with Crippen LogP contribution >= 0.6 is 11.3 Å². The van der Waals surface area contributed by atoms with Gasteiger partial charge in [-0.3, -0.25) is 14.5 Å². The zero-order chi connectivity index (χ0) is 16.5. The van der Waals surface area contributed by atoms with E-state index in [1.165, 1.54) is 0 Å². The van der Waals surface area contributed by atoms with Crippen molar-refractivity contribution in [1.29, 1.82) is 0 Å². The summed E-state index contributed by atoms with van der Waals surface area (Å²) in [6.07, 6.45) is 1.82. The average Bonchev–Trinajstić information content (AvgIpc) is 3.06. The van der Waals surface area contributed by atoms with Crippen molar-refractivity contribution >= 4 is 29.2 Å². The number of nitrogens with zero attached hydrogens (tertiary/aromatic N) is 1. The van der Waals surface area contributed by atoms with Crippen molar-refractivity contribution in [2.45, 2.75) is 6.92 Å². The molecule has 1 fully saturated rings. The number of carbonyl (C=O) groups is 2. The third-order valence-electron chi connectivity index (χ3n) is 3.52. The molecule has 1 saturated heterocycles. The molecule has 0 unspecified atom stereocenters. The molecule has 126 valence electrons. The van der Waals surface area contributed by atoms with E-state index in [1.807, 2.05) is 23.6 Å². The molecule has 1 aliphatic rings. The van der Waals surface area contributed by atoms with Crippen LogP contribution in [0.25, 0.3) is 6.08 Å². The molecular weight excluding hydrogens is 314 g/mol. The van der Waals surface area contributed by atoms with Gasteiger partial charge in [0.25, 0.3) is 0 Å². The van der Waals surface area contributed by atoms with Crippen LogP contribution in [0, 0.1) is 0 Å². The van der Waals surface area contributed by atoms with Crippen LogP contribution in [0.2, 0.25) is 0 Å². The molecule has 0 spiro atoms. The maximum Gasteiger partial charge on any atom is 0.247 e. The molecule has 6 nitrogen and oxygen atoms in total. The Bertz CT molecular complexity index is 537. The van der Waals surface area contributed by atoms with Crippen molar-refractivity contribution in [3.8, 4) is 0 Å². The fourth-order valence-electron chi connectivity index (χ4n) is 2.19. The molecule has 0 saturated carbocycles. The molecule has 0 aromatic carbocycles. The zero-order valence-electron chi connectivity index (χ0n) is 13.3. The molecule has 1 aromatic rings. The van der Waals surface area contributed by atoms with Crippen LogP contribution in [0.3, 0.4) is 0 Å². The number of thiophene rings is 1. The SMILES string of the molecule is C/C(=C\c1cccs1)C(=O)NCC(=O)NCCN1CCOCC1. The van der Waals surface area contributed by atoms with E-state index in [4.69, 9.17) is 4.74 Å². The molecule has 0 atom stereocenters. The van der Waals surface area contributed by atoms with Gasteiger partial charge in [-0.2, -0.15) is 0 Å². The molecule has 2 N–H and O–H groups in total. The van der Waals surface area contributed by atoms with Crippen LogP contribution in [-0.2, 0) is 14.3 Å². The Morgan fingerprint density at radius 1 is 1.35 bits per heavy atom. The number of ether oxygens (including phenoxy) is 1. The largest absolute Gasteiger partial charge is 0.379 e. The van der Waals surface area contributed by atoms with E-state index < -0.39 is 0 Å². The molecule has 2 rings (SSSR count). The summed E-state index contributed by atoms with van der Waals surface area (Å²) in [5, 5.41) is 7.41. The summed E-state index contributed by atoms with van der Waals surface area (Å²) in [6, 6.07) is 3.88. The van der Waals surface area contributed by atoms with Gasteiger partial charge in [-0.05, 0) is 24.4 Å². The number of hydrogen-bond acceptors (Lipinski definition) is 5. The monoisotopic (exact) mass is 337 g/mol. The molecule has 2 heterocycles. The summed E-state index contributed by atoms with van der Waals surface area (Å²) in [5.74, 6) is -0.391. The summed E-state index contributed by atoms with van der Waals surface area (Å²) < 4.78 is 5.27. The predicted octanol–water partition coefficient (Wildman–Crippen LogP) is 0.716. The normalized spacial score (nSPS) is 16.1. The fourth-order valence-corrected chi connectivity index (χ4v) is 2.91. The molecule has 1 aromatic heterocycles. The van der Waals surface area contributed by atoms with E-state index in [1.54, 1.807) is 18.3 Å². The standard InChI is InChI=1S/C16H23N3O3S/c1-13(11-14-3-2-10-23-14)16(21)18-12-15(20)17-4-5-19-6-8-22-9-7-19/h2-3,10-11H,4-9,12H2,1H3,(H,17,20)(H,18,21)/b13-11+. The lowest BCUT2D eigenvalue weighted by Crippen LogP contribution is -2.43.